The molecule has 0 amide bonds. The smallest absolute Gasteiger partial charge is 0.342 e. The van der Waals surface area contributed by atoms with Crippen molar-refractivity contribution in [2.24, 2.45) is 0 Å². The molecular formula is C24H29NO5S. The lowest BCUT2D eigenvalue weighted by molar-refractivity contribution is 0.0378. The van der Waals surface area contributed by atoms with Gasteiger partial charge in [-0.25, -0.2) is 13.2 Å². The number of nitrogens with one attached hydrogen (secondary N) is 1. The second kappa shape index (κ2) is 8.04. The lowest BCUT2D eigenvalue weighted by atomic mass is 9.87. The van der Waals surface area contributed by atoms with Crippen LogP contribution in [0.2, 0.25) is 0 Å². The number of sulfonamides is 1. The molecule has 7 heteroatoms. The fourth-order valence-electron chi connectivity index (χ4n) is 3.34. The van der Waals surface area contributed by atoms with Gasteiger partial charge < -0.3 is 9.15 Å². The van der Waals surface area contributed by atoms with Gasteiger partial charge in [0.2, 0.25) is 0 Å². The number of benzene rings is 2. The standard InChI is InChI=1S/C24H29NO5S/c1-14(2)29-23(26)22-16(4)30-21-12-15(3)20(13-19(21)22)25-31(27,28)18-10-8-17(9-11-18)24(5,6)7/h8-14,25H,1-7H3. The summed E-state index contributed by atoms with van der Waals surface area (Å²) in [5.41, 5.74) is 2.84. The number of ether oxygens (including phenoxy) is 1. The first kappa shape index (κ1) is 22.9. The molecule has 6 nitrogen and oxygen atoms in total. The molecule has 3 aromatic rings. The summed E-state index contributed by atoms with van der Waals surface area (Å²) in [7, 11) is -3.81. The van der Waals surface area contributed by atoms with E-state index in [9.17, 15) is 13.2 Å². The highest BCUT2D eigenvalue weighted by Crippen LogP contribution is 2.32. The van der Waals surface area contributed by atoms with Crippen LogP contribution in [0, 0.1) is 13.8 Å². The molecule has 2 aromatic carbocycles. The van der Waals surface area contributed by atoms with Gasteiger partial charge in [0.15, 0.2) is 0 Å². The molecule has 1 N–H and O–H groups in total. The van der Waals surface area contributed by atoms with Gasteiger partial charge >= 0.3 is 5.97 Å². The van der Waals surface area contributed by atoms with Crippen LogP contribution in [0.15, 0.2) is 45.7 Å². The molecule has 166 valence electrons. The number of carbonyl (C=O) groups is 1. The zero-order valence-electron chi connectivity index (χ0n) is 19.0. The van der Waals surface area contributed by atoms with Crippen LogP contribution in [-0.4, -0.2) is 20.5 Å². The van der Waals surface area contributed by atoms with Crippen molar-refractivity contribution in [2.75, 3.05) is 4.72 Å². The van der Waals surface area contributed by atoms with Crippen LogP contribution >= 0.6 is 0 Å². The first-order valence-corrected chi connectivity index (χ1v) is 11.7. The monoisotopic (exact) mass is 443 g/mol. The van der Waals surface area contributed by atoms with E-state index in [0.717, 1.165) is 5.56 Å². The summed E-state index contributed by atoms with van der Waals surface area (Å²) in [5.74, 6) is -0.0699. The minimum atomic E-state index is -3.81. The van der Waals surface area contributed by atoms with Crippen LogP contribution in [0.1, 0.15) is 61.9 Å². The number of furan rings is 1. The average Bonchev–Trinajstić information content (AvgIpc) is 2.95. The van der Waals surface area contributed by atoms with Crippen LogP contribution in [0.4, 0.5) is 5.69 Å². The first-order chi connectivity index (χ1) is 14.3. The van der Waals surface area contributed by atoms with Crippen molar-refractivity contribution in [3.05, 3.63) is 58.8 Å². The van der Waals surface area contributed by atoms with Gasteiger partial charge in [0.25, 0.3) is 10.0 Å². The van der Waals surface area contributed by atoms with E-state index >= 15 is 0 Å². The second-order valence-corrected chi connectivity index (χ2v) is 10.7. The summed E-state index contributed by atoms with van der Waals surface area (Å²) >= 11 is 0. The number of aryl methyl sites for hydroxylation is 2. The molecule has 0 bridgehead atoms. The highest BCUT2D eigenvalue weighted by molar-refractivity contribution is 7.92. The van der Waals surface area contributed by atoms with Gasteiger partial charge in [-0.1, -0.05) is 32.9 Å². The Hall–Kier alpha value is -2.80. The van der Waals surface area contributed by atoms with Crippen LogP contribution < -0.4 is 4.72 Å². The van der Waals surface area contributed by atoms with Gasteiger partial charge in [0.1, 0.15) is 16.9 Å². The third-order valence-corrected chi connectivity index (χ3v) is 6.41. The van der Waals surface area contributed by atoms with Gasteiger partial charge in [0.05, 0.1) is 16.7 Å². The minimum Gasteiger partial charge on any atom is -0.460 e. The number of carbonyl (C=O) groups excluding carboxylic acids is 1. The Morgan fingerprint density at radius 1 is 1.06 bits per heavy atom. The van der Waals surface area contributed by atoms with Crippen molar-refractivity contribution in [3.63, 3.8) is 0 Å². The topological polar surface area (TPSA) is 85.6 Å². The molecular weight excluding hydrogens is 414 g/mol. The summed E-state index contributed by atoms with van der Waals surface area (Å²) < 4.78 is 39.7. The van der Waals surface area contributed by atoms with E-state index < -0.39 is 16.0 Å². The Bertz CT molecular complexity index is 1230. The molecule has 1 aromatic heterocycles. The molecule has 3 rings (SSSR count). The van der Waals surface area contributed by atoms with E-state index in [-0.39, 0.29) is 16.4 Å². The first-order valence-electron chi connectivity index (χ1n) is 10.2. The van der Waals surface area contributed by atoms with Crippen molar-refractivity contribution in [3.8, 4) is 0 Å². The van der Waals surface area contributed by atoms with Crippen molar-refractivity contribution in [1.82, 2.24) is 0 Å². The molecule has 0 fully saturated rings. The molecule has 0 unspecified atom stereocenters. The van der Waals surface area contributed by atoms with Gasteiger partial charge in [-0.3, -0.25) is 4.72 Å². The van der Waals surface area contributed by atoms with E-state index in [1.165, 1.54) is 0 Å². The minimum absolute atomic E-state index is 0.0719. The number of hydrogen-bond acceptors (Lipinski definition) is 5. The van der Waals surface area contributed by atoms with E-state index in [2.05, 4.69) is 25.5 Å². The Morgan fingerprint density at radius 2 is 1.68 bits per heavy atom. The molecule has 0 aliphatic heterocycles. The predicted molar refractivity (Wildman–Crippen MR) is 122 cm³/mol. The number of rotatable bonds is 5. The zero-order valence-corrected chi connectivity index (χ0v) is 19.8. The molecule has 1 heterocycles. The van der Waals surface area contributed by atoms with Crippen molar-refractivity contribution in [1.29, 1.82) is 0 Å². The lowest BCUT2D eigenvalue weighted by Gasteiger charge is -2.19. The Morgan fingerprint density at radius 3 is 2.23 bits per heavy atom. The quantitative estimate of drug-likeness (QED) is 0.510. The predicted octanol–water partition coefficient (Wildman–Crippen LogP) is 5.71. The van der Waals surface area contributed by atoms with Gasteiger partial charge in [0, 0.05) is 5.39 Å². The third kappa shape index (κ3) is 4.77. The van der Waals surface area contributed by atoms with E-state index in [0.29, 0.717) is 33.5 Å². The van der Waals surface area contributed by atoms with Crippen LogP contribution in [0.25, 0.3) is 11.0 Å². The van der Waals surface area contributed by atoms with Crippen LogP contribution in [0.3, 0.4) is 0 Å². The molecule has 0 aliphatic rings. The largest absolute Gasteiger partial charge is 0.460 e. The summed E-state index contributed by atoms with van der Waals surface area (Å²) in [5, 5.41) is 0.509. The summed E-state index contributed by atoms with van der Waals surface area (Å²) in [6.07, 6.45) is -0.281. The molecule has 0 saturated heterocycles. The molecule has 0 atom stereocenters. The maximum atomic E-state index is 13.0. The molecule has 0 aliphatic carbocycles. The van der Waals surface area contributed by atoms with Gasteiger partial charge in [-0.2, -0.15) is 0 Å². The molecule has 31 heavy (non-hydrogen) atoms. The Labute approximate surface area is 183 Å². The Balaban J connectivity index is 2.00. The van der Waals surface area contributed by atoms with E-state index in [1.807, 2.05) is 12.1 Å². The number of fused-ring (bicyclic) bond motifs is 1. The van der Waals surface area contributed by atoms with Crippen molar-refractivity contribution >= 4 is 32.6 Å². The summed E-state index contributed by atoms with van der Waals surface area (Å²) in [6, 6.07) is 10.2. The highest BCUT2D eigenvalue weighted by atomic mass is 32.2. The van der Waals surface area contributed by atoms with Crippen molar-refractivity contribution < 1.29 is 22.4 Å². The van der Waals surface area contributed by atoms with E-state index in [1.54, 1.807) is 52.0 Å². The Kier molecular flexibility index (Phi) is 5.93. The number of anilines is 1. The maximum absolute atomic E-state index is 13.0. The molecule has 0 radical (unpaired) electrons. The third-order valence-electron chi connectivity index (χ3n) is 5.03. The normalized spacial score (nSPS) is 12.4. The lowest BCUT2D eigenvalue weighted by Crippen LogP contribution is -2.15. The number of esters is 1. The SMILES string of the molecule is Cc1cc2oc(C)c(C(=O)OC(C)C)c2cc1NS(=O)(=O)c1ccc(C(C)(C)C)cc1. The maximum Gasteiger partial charge on any atom is 0.342 e. The number of hydrogen-bond donors (Lipinski definition) is 1. The highest BCUT2D eigenvalue weighted by Gasteiger charge is 2.23. The fraction of sp³-hybridized carbons (Fsp3) is 0.375. The van der Waals surface area contributed by atoms with Gasteiger partial charge in [-0.15, -0.1) is 0 Å². The van der Waals surface area contributed by atoms with Crippen LogP contribution in [0.5, 0.6) is 0 Å². The molecule has 0 saturated carbocycles. The van der Waals surface area contributed by atoms with Crippen LogP contribution in [-0.2, 0) is 20.2 Å². The fourth-order valence-corrected chi connectivity index (χ4v) is 4.46. The van der Waals surface area contributed by atoms with E-state index in [4.69, 9.17) is 9.15 Å². The summed E-state index contributed by atoms with van der Waals surface area (Å²) in [4.78, 5) is 12.7. The summed E-state index contributed by atoms with van der Waals surface area (Å²) in [6.45, 7) is 13.2. The van der Waals surface area contributed by atoms with Crippen molar-refractivity contribution in [2.45, 2.75) is 64.9 Å². The molecule has 0 spiro atoms. The van der Waals surface area contributed by atoms with Gasteiger partial charge in [-0.05, 0) is 68.5 Å². The second-order valence-electron chi connectivity index (χ2n) is 9.03. The zero-order chi connectivity index (χ0) is 23.1. The average molecular weight is 444 g/mol.